The van der Waals surface area contributed by atoms with E-state index in [0.717, 1.165) is 11.3 Å². The van der Waals surface area contributed by atoms with Crippen molar-refractivity contribution >= 4 is 17.5 Å². The maximum atomic E-state index is 12.6. The van der Waals surface area contributed by atoms with E-state index in [1.54, 1.807) is 31.4 Å². The molecule has 2 aromatic carbocycles. The molecule has 2 N–H and O–H groups in total. The number of hydrogen-bond acceptors (Lipinski definition) is 4. The molecule has 0 radical (unpaired) electrons. The molecular weight excluding hydrogens is 330 g/mol. The van der Waals surface area contributed by atoms with Crippen molar-refractivity contribution < 1.29 is 14.3 Å². The van der Waals surface area contributed by atoms with Crippen molar-refractivity contribution in [2.24, 2.45) is 5.41 Å². The van der Waals surface area contributed by atoms with Gasteiger partial charge in [0, 0.05) is 12.2 Å². The quantitative estimate of drug-likeness (QED) is 0.784. The number of amides is 2. The molecule has 3 rings (SSSR count). The highest BCUT2D eigenvalue weighted by Crippen LogP contribution is 2.46. The molecule has 0 aromatic heterocycles. The van der Waals surface area contributed by atoms with E-state index in [2.05, 4.69) is 10.6 Å². The van der Waals surface area contributed by atoms with Gasteiger partial charge in [0.05, 0.1) is 18.7 Å². The summed E-state index contributed by atoms with van der Waals surface area (Å²) in [6.07, 6.45) is 1.04. The number of hydrogen-bond donors (Lipinski definition) is 2. The fourth-order valence-electron chi connectivity index (χ4n) is 2.69. The summed E-state index contributed by atoms with van der Waals surface area (Å²) in [4.78, 5) is 25.1. The number of rotatable bonds is 6. The number of benzene rings is 2. The predicted molar refractivity (Wildman–Crippen MR) is 96.3 cm³/mol. The molecule has 0 saturated heterocycles. The standard InChI is InChI=1S/C20H19N3O3/c1-26-17-7-5-14(6-8-17)13-22-18(24)20(9-10-20)19(25)23-16-4-2-3-15(11-16)12-21/h2-8,11H,9-10,13H2,1H3,(H,22,24)(H,23,25). The van der Waals surface area contributed by atoms with Crippen LogP contribution in [0.25, 0.3) is 0 Å². The smallest absolute Gasteiger partial charge is 0.240 e. The van der Waals surface area contributed by atoms with Crippen LogP contribution in [0.2, 0.25) is 0 Å². The Labute approximate surface area is 151 Å². The summed E-state index contributed by atoms with van der Waals surface area (Å²) < 4.78 is 5.10. The molecule has 0 aliphatic heterocycles. The van der Waals surface area contributed by atoms with E-state index < -0.39 is 5.41 Å². The van der Waals surface area contributed by atoms with Crippen LogP contribution in [0.1, 0.15) is 24.0 Å². The Morgan fingerprint density at radius 3 is 2.50 bits per heavy atom. The summed E-state index contributed by atoms with van der Waals surface area (Å²) in [6, 6.07) is 16.0. The molecule has 1 aliphatic carbocycles. The average molecular weight is 349 g/mol. The molecule has 0 spiro atoms. The van der Waals surface area contributed by atoms with Crippen molar-refractivity contribution in [3.05, 3.63) is 59.7 Å². The SMILES string of the molecule is COc1ccc(CNC(=O)C2(C(=O)Nc3cccc(C#N)c3)CC2)cc1. The Hall–Kier alpha value is -3.33. The third kappa shape index (κ3) is 3.67. The largest absolute Gasteiger partial charge is 0.497 e. The molecule has 6 heteroatoms. The van der Waals surface area contributed by atoms with Gasteiger partial charge in [0.1, 0.15) is 11.2 Å². The van der Waals surface area contributed by atoms with Crippen molar-refractivity contribution in [3.8, 4) is 11.8 Å². The second-order valence-electron chi connectivity index (χ2n) is 6.26. The second-order valence-corrected chi connectivity index (χ2v) is 6.26. The molecule has 26 heavy (non-hydrogen) atoms. The number of carbonyl (C=O) groups is 2. The summed E-state index contributed by atoms with van der Waals surface area (Å²) in [7, 11) is 1.60. The number of carbonyl (C=O) groups excluding carboxylic acids is 2. The van der Waals surface area contributed by atoms with Crippen molar-refractivity contribution in [1.82, 2.24) is 5.32 Å². The highest BCUT2D eigenvalue weighted by atomic mass is 16.5. The maximum Gasteiger partial charge on any atom is 0.240 e. The van der Waals surface area contributed by atoms with E-state index in [1.807, 2.05) is 30.3 Å². The van der Waals surface area contributed by atoms with Gasteiger partial charge in [-0.3, -0.25) is 9.59 Å². The van der Waals surface area contributed by atoms with Crippen molar-refractivity contribution in [2.75, 3.05) is 12.4 Å². The monoisotopic (exact) mass is 349 g/mol. The first kappa shape index (κ1) is 17.5. The van der Waals surface area contributed by atoms with Crippen molar-refractivity contribution in [1.29, 1.82) is 5.26 Å². The van der Waals surface area contributed by atoms with Gasteiger partial charge in [-0.25, -0.2) is 0 Å². The highest BCUT2D eigenvalue weighted by molar-refractivity contribution is 6.13. The zero-order valence-electron chi connectivity index (χ0n) is 14.4. The van der Waals surface area contributed by atoms with E-state index >= 15 is 0 Å². The van der Waals surface area contributed by atoms with E-state index in [4.69, 9.17) is 10.00 Å². The van der Waals surface area contributed by atoms with Crippen LogP contribution in [0.15, 0.2) is 48.5 Å². The van der Waals surface area contributed by atoms with Crippen LogP contribution in [0.5, 0.6) is 5.75 Å². The normalized spacial score (nSPS) is 14.0. The maximum absolute atomic E-state index is 12.6. The number of nitriles is 1. The van der Waals surface area contributed by atoms with E-state index in [1.165, 1.54) is 0 Å². The third-order valence-electron chi connectivity index (χ3n) is 4.48. The Kier molecular flexibility index (Phi) is 4.90. The first-order valence-electron chi connectivity index (χ1n) is 8.30. The predicted octanol–water partition coefficient (Wildman–Crippen LogP) is 2.60. The molecule has 0 unspecified atom stereocenters. The molecule has 132 valence electrons. The van der Waals surface area contributed by atoms with Crippen LogP contribution in [0.3, 0.4) is 0 Å². The summed E-state index contributed by atoms with van der Waals surface area (Å²) in [6.45, 7) is 0.349. The van der Waals surface area contributed by atoms with Gasteiger partial charge in [-0.1, -0.05) is 18.2 Å². The fourth-order valence-corrected chi connectivity index (χ4v) is 2.69. The number of anilines is 1. The number of ether oxygens (including phenoxy) is 1. The summed E-state index contributed by atoms with van der Waals surface area (Å²) in [5.74, 6) is 0.139. The third-order valence-corrected chi connectivity index (χ3v) is 4.48. The minimum Gasteiger partial charge on any atom is -0.497 e. The van der Waals surface area contributed by atoms with Crippen LogP contribution in [0, 0.1) is 16.7 Å². The fraction of sp³-hybridized carbons (Fsp3) is 0.250. The highest BCUT2D eigenvalue weighted by Gasteiger charge is 2.56. The van der Waals surface area contributed by atoms with Gasteiger partial charge in [0.2, 0.25) is 11.8 Å². The van der Waals surface area contributed by atoms with Crippen molar-refractivity contribution in [2.45, 2.75) is 19.4 Å². The lowest BCUT2D eigenvalue weighted by molar-refractivity contribution is -0.134. The molecule has 2 amide bonds. The van der Waals surface area contributed by atoms with Crippen LogP contribution < -0.4 is 15.4 Å². The number of methoxy groups -OCH3 is 1. The first-order valence-corrected chi connectivity index (χ1v) is 8.30. The van der Waals surface area contributed by atoms with Crippen LogP contribution in [-0.4, -0.2) is 18.9 Å². The molecule has 0 bridgehead atoms. The number of nitrogens with one attached hydrogen (secondary N) is 2. The zero-order chi connectivity index (χ0) is 18.6. The van der Waals surface area contributed by atoms with Crippen molar-refractivity contribution in [3.63, 3.8) is 0 Å². The first-order chi connectivity index (χ1) is 12.6. The molecule has 1 aliphatic rings. The van der Waals surface area contributed by atoms with E-state index in [0.29, 0.717) is 30.6 Å². The Balaban J connectivity index is 1.60. The Bertz CT molecular complexity index is 865. The van der Waals surface area contributed by atoms with Gasteiger partial charge in [0.25, 0.3) is 0 Å². The zero-order valence-corrected chi connectivity index (χ0v) is 14.4. The molecule has 1 saturated carbocycles. The molecule has 0 heterocycles. The minimum absolute atomic E-state index is 0.276. The summed E-state index contributed by atoms with van der Waals surface area (Å²) in [5, 5.41) is 14.5. The lowest BCUT2D eigenvalue weighted by Gasteiger charge is -2.15. The molecule has 0 atom stereocenters. The topological polar surface area (TPSA) is 91.2 Å². The van der Waals surface area contributed by atoms with Crippen LogP contribution >= 0.6 is 0 Å². The minimum atomic E-state index is -1.02. The second kappa shape index (κ2) is 7.28. The lowest BCUT2D eigenvalue weighted by Crippen LogP contribution is -2.39. The molecule has 1 fully saturated rings. The average Bonchev–Trinajstić information content (AvgIpc) is 3.49. The van der Waals surface area contributed by atoms with Gasteiger partial charge in [-0.2, -0.15) is 5.26 Å². The summed E-state index contributed by atoms with van der Waals surface area (Å²) >= 11 is 0. The van der Waals surface area contributed by atoms with Gasteiger partial charge in [0.15, 0.2) is 0 Å². The molecule has 6 nitrogen and oxygen atoms in total. The van der Waals surface area contributed by atoms with Gasteiger partial charge < -0.3 is 15.4 Å². The van der Waals surface area contributed by atoms with Gasteiger partial charge in [-0.15, -0.1) is 0 Å². The molecule has 2 aromatic rings. The van der Waals surface area contributed by atoms with Crippen LogP contribution in [-0.2, 0) is 16.1 Å². The van der Waals surface area contributed by atoms with Crippen LogP contribution in [0.4, 0.5) is 5.69 Å². The lowest BCUT2D eigenvalue weighted by atomic mass is 10.0. The van der Waals surface area contributed by atoms with E-state index in [-0.39, 0.29) is 11.8 Å². The van der Waals surface area contributed by atoms with Gasteiger partial charge >= 0.3 is 0 Å². The number of nitrogens with zero attached hydrogens (tertiary/aromatic N) is 1. The van der Waals surface area contributed by atoms with E-state index in [9.17, 15) is 9.59 Å². The van der Waals surface area contributed by atoms with Gasteiger partial charge in [-0.05, 0) is 48.7 Å². The summed E-state index contributed by atoms with van der Waals surface area (Å²) in [5.41, 5.74) is 0.881. The Morgan fingerprint density at radius 1 is 1.15 bits per heavy atom. The molecular formula is C20H19N3O3. The Morgan fingerprint density at radius 2 is 1.88 bits per heavy atom.